The zero-order valence-corrected chi connectivity index (χ0v) is 12.7. The van der Waals surface area contributed by atoms with Crippen LogP contribution in [0.4, 0.5) is 0 Å². The summed E-state index contributed by atoms with van der Waals surface area (Å²) in [6.07, 6.45) is 4.03. The van der Waals surface area contributed by atoms with Crippen molar-refractivity contribution >= 4 is 0 Å². The van der Waals surface area contributed by atoms with Gasteiger partial charge in [-0.1, -0.05) is 61.3 Å². The lowest BCUT2D eigenvalue weighted by atomic mass is 9.92. The van der Waals surface area contributed by atoms with Crippen molar-refractivity contribution in [2.24, 2.45) is 10.8 Å². The van der Waals surface area contributed by atoms with Gasteiger partial charge in [0.2, 0.25) is 0 Å². The predicted octanol–water partition coefficient (Wildman–Crippen LogP) is 4.57. The fraction of sp³-hybridized carbons (Fsp3) is 1.00. The summed E-state index contributed by atoms with van der Waals surface area (Å²) in [6.45, 7) is 20.0. The maximum Gasteiger partial charge on any atom is 0.00303 e. The van der Waals surface area contributed by atoms with E-state index in [1.54, 1.807) is 0 Å². The van der Waals surface area contributed by atoms with Crippen LogP contribution >= 0.6 is 0 Å². The molecule has 0 N–H and O–H groups in total. The molecule has 0 spiro atoms. The van der Waals surface area contributed by atoms with E-state index in [0.717, 1.165) is 0 Å². The lowest BCUT2D eigenvalue weighted by Gasteiger charge is -2.34. The van der Waals surface area contributed by atoms with Crippen molar-refractivity contribution in [3.05, 3.63) is 0 Å². The van der Waals surface area contributed by atoms with Gasteiger partial charge < -0.3 is 4.90 Å². The quantitative estimate of drug-likeness (QED) is 0.601. The summed E-state index contributed by atoms with van der Waals surface area (Å²) >= 11 is 0. The summed E-state index contributed by atoms with van der Waals surface area (Å²) in [6, 6.07) is 0. The molecular weight excluding hydrogens is 194 g/mol. The summed E-state index contributed by atoms with van der Waals surface area (Å²) in [5, 5.41) is 0. The normalized spacial score (nSPS) is 13.5. The van der Waals surface area contributed by atoms with Crippen LogP contribution in [0.3, 0.4) is 0 Å². The summed E-state index contributed by atoms with van der Waals surface area (Å²) in [5.74, 6) is 0. The van der Waals surface area contributed by atoms with E-state index in [0.29, 0.717) is 10.8 Å². The zero-order chi connectivity index (χ0) is 12.8. The lowest BCUT2D eigenvalue weighted by molar-refractivity contribution is 0.139. The smallest absolute Gasteiger partial charge is 0.00303 e. The highest BCUT2D eigenvalue weighted by molar-refractivity contribution is 4.74. The molecular formula is C15H33N. The molecule has 0 amide bonds. The van der Waals surface area contributed by atoms with E-state index in [9.17, 15) is 0 Å². The average molecular weight is 227 g/mol. The maximum absolute atomic E-state index is 2.65. The lowest BCUT2D eigenvalue weighted by Crippen LogP contribution is -2.39. The first-order chi connectivity index (χ1) is 7.14. The molecule has 1 nitrogen and oxygen atoms in total. The van der Waals surface area contributed by atoms with E-state index in [1.807, 2.05) is 0 Å². The third-order valence-corrected chi connectivity index (χ3v) is 2.47. The van der Waals surface area contributed by atoms with Crippen LogP contribution in [0.15, 0.2) is 0 Å². The largest absolute Gasteiger partial charge is 0.302 e. The Kier molecular flexibility index (Phi) is 6.62. The van der Waals surface area contributed by atoms with Gasteiger partial charge in [0.15, 0.2) is 0 Å². The Hall–Kier alpha value is -0.0400. The summed E-state index contributed by atoms with van der Waals surface area (Å²) < 4.78 is 0. The van der Waals surface area contributed by atoms with Gasteiger partial charge in [0.25, 0.3) is 0 Å². The van der Waals surface area contributed by atoms with Gasteiger partial charge >= 0.3 is 0 Å². The Morgan fingerprint density at radius 3 is 1.50 bits per heavy atom. The Morgan fingerprint density at radius 2 is 1.19 bits per heavy atom. The summed E-state index contributed by atoms with van der Waals surface area (Å²) in [4.78, 5) is 2.65. The van der Waals surface area contributed by atoms with Crippen molar-refractivity contribution in [1.82, 2.24) is 4.90 Å². The average Bonchev–Trinajstić information content (AvgIpc) is 1.97. The van der Waals surface area contributed by atoms with Gasteiger partial charge in [-0.15, -0.1) is 0 Å². The highest BCUT2D eigenvalue weighted by Crippen LogP contribution is 2.21. The highest BCUT2D eigenvalue weighted by atomic mass is 15.1. The van der Waals surface area contributed by atoms with Crippen molar-refractivity contribution in [1.29, 1.82) is 0 Å². The number of unbranched alkanes of at least 4 members (excludes halogenated alkanes) is 2. The van der Waals surface area contributed by atoms with Gasteiger partial charge in [-0.25, -0.2) is 0 Å². The maximum atomic E-state index is 2.65. The summed E-state index contributed by atoms with van der Waals surface area (Å²) in [7, 11) is 0. The molecule has 0 aromatic rings. The van der Waals surface area contributed by atoms with E-state index in [-0.39, 0.29) is 0 Å². The zero-order valence-electron chi connectivity index (χ0n) is 12.7. The van der Waals surface area contributed by atoms with Crippen LogP contribution in [-0.4, -0.2) is 24.5 Å². The second-order valence-electron chi connectivity index (χ2n) is 7.54. The van der Waals surface area contributed by atoms with Crippen molar-refractivity contribution in [3.8, 4) is 0 Å². The molecule has 0 fully saturated rings. The molecule has 0 aliphatic heterocycles. The van der Waals surface area contributed by atoms with Gasteiger partial charge in [0.05, 0.1) is 0 Å². The third kappa shape index (κ3) is 10.5. The minimum atomic E-state index is 0.414. The SMILES string of the molecule is CCCCCN(CC(C)(C)C)CC(C)(C)C. The van der Waals surface area contributed by atoms with Crippen LogP contribution in [0.25, 0.3) is 0 Å². The van der Waals surface area contributed by atoms with Gasteiger partial charge in [0, 0.05) is 13.1 Å². The van der Waals surface area contributed by atoms with E-state index in [1.165, 1.54) is 38.9 Å². The van der Waals surface area contributed by atoms with Gasteiger partial charge in [0.1, 0.15) is 0 Å². The van der Waals surface area contributed by atoms with Gasteiger partial charge in [-0.05, 0) is 23.8 Å². The molecule has 0 unspecified atom stereocenters. The molecule has 0 bridgehead atoms. The fourth-order valence-corrected chi connectivity index (χ4v) is 2.14. The molecule has 0 aromatic carbocycles. The molecule has 0 heterocycles. The topological polar surface area (TPSA) is 3.24 Å². The predicted molar refractivity (Wildman–Crippen MR) is 74.9 cm³/mol. The summed E-state index contributed by atoms with van der Waals surface area (Å²) in [5.41, 5.74) is 0.828. The molecule has 0 saturated carbocycles. The van der Waals surface area contributed by atoms with Gasteiger partial charge in [-0.2, -0.15) is 0 Å². The first kappa shape index (κ1) is 16.0. The third-order valence-electron chi connectivity index (χ3n) is 2.47. The second-order valence-corrected chi connectivity index (χ2v) is 7.54. The minimum absolute atomic E-state index is 0.414. The molecule has 16 heavy (non-hydrogen) atoms. The van der Waals surface area contributed by atoms with Crippen LogP contribution in [0, 0.1) is 10.8 Å². The molecule has 1 heteroatoms. The molecule has 0 saturated heterocycles. The molecule has 98 valence electrons. The monoisotopic (exact) mass is 227 g/mol. The highest BCUT2D eigenvalue weighted by Gasteiger charge is 2.20. The van der Waals surface area contributed by atoms with E-state index >= 15 is 0 Å². The van der Waals surface area contributed by atoms with Crippen LogP contribution < -0.4 is 0 Å². The van der Waals surface area contributed by atoms with E-state index < -0.39 is 0 Å². The first-order valence-electron chi connectivity index (χ1n) is 6.86. The number of nitrogens with zero attached hydrogens (tertiary/aromatic N) is 1. The molecule has 0 atom stereocenters. The first-order valence-corrected chi connectivity index (χ1v) is 6.86. The number of hydrogen-bond acceptors (Lipinski definition) is 1. The fourth-order valence-electron chi connectivity index (χ4n) is 2.14. The Balaban J connectivity index is 4.17. The van der Waals surface area contributed by atoms with Gasteiger partial charge in [-0.3, -0.25) is 0 Å². The van der Waals surface area contributed by atoms with Crippen molar-refractivity contribution in [3.63, 3.8) is 0 Å². The van der Waals surface area contributed by atoms with Crippen LogP contribution in [0.5, 0.6) is 0 Å². The van der Waals surface area contributed by atoms with Crippen molar-refractivity contribution in [2.75, 3.05) is 19.6 Å². The number of rotatable bonds is 6. The molecule has 0 radical (unpaired) electrons. The Morgan fingerprint density at radius 1 is 0.750 bits per heavy atom. The molecule has 0 aromatic heterocycles. The standard InChI is InChI=1S/C15H33N/c1-8-9-10-11-16(12-14(2,3)4)13-15(5,6)7/h8-13H2,1-7H3. The van der Waals surface area contributed by atoms with Crippen molar-refractivity contribution in [2.45, 2.75) is 67.7 Å². The van der Waals surface area contributed by atoms with E-state index in [2.05, 4.69) is 53.4 Å². The Bertz CT molecular complexity index is 155. The van der Waals surface area contributed by atoms with Crippen LogP contribution in [0.1, 0.15) is 67.7 Å². The molecule has 0 aliphatic rings. The van der Waals surface area contributed by atoms with Crippen molar-refractivity contribution < 1.29 is 0 Å². The second kappa shape index (κ2) is 6.64. The molecule has 0 aliphatic carbocycles. The van der Waals surface area contributed by atoms with E-state index in [4.69, 9.17) is 0 Å². The number of hydrogen-bond donors (Lipinski definition) is 0. The molecule has 0 rings (SSSR count). The van der Waals surface area contributed by atoms with Crippen LogP contribution in [0.2, 0.25) is 0 Å². The van der Waals surface area contributed by atoms with Crippen LogP contribution in [-0.2, 0) is 0 Å². The minimum Gasteiger partial charge on any atom is -0.302 e. The Labute approximate surface area is 104 Å².